The van der Waals surface area contributed by atoms with E-state index in [9.17, 15) is 4.79 Å². The third kappa shape index (κ3) is 2.52. The standard InChI is InChI=1S/C14H12OS/c1-11-9-14(8-7-12(11)10-15)16-13-5-3-2-4-6-13/h2-10H,1H3. The predicted molar refractivity (Wildman–Crippen MR) is 67.1 cm³/mol. The summed E-state index contributed by atoms with van der Waals surface area (Å²) in [7, 11) is 0. The molecule has 2 rings (SSSR count). The van der Waals surface area contributed by atoms with Gasteiger partial charge < -0.3 is 0 Å². The van der Waals surface area contributed by atoms with Crippen molar-refractivity contribution in [1.29, 1.82) is 0 Å². The maximum absolute atomic E-state index is 10.7. The number of aldehydes is 1. The smallest absolute Gasteiger partial charge is 0.150 e. The minimum absolute atomic E-state index is 0.761. The molecule has 2 aromatic carbocycles. The van der Waals surface area contributed by atoms with Crippen LogP contribution in [0.25, 0.3) is 0 Å². The largest absolute Gasteiger partial charge is 0.298 e. The average Bonchev–Trinajstić information content (AvgIpc) is 2.31. The normalized spacial score (nSPS) is 10.1. The van der Waals surface area contributed by atoms with E-state index in [1.165, 1.54) is 4.90 Å². The molecule has 0 aliphatic rings. The van der Waals surface area contributed by atoms with Crippen molar-refractivity contribution >= 4 is 18.0 Å². The average molecular weight is 228 g/mol. The minimum atomic E-state index is 0.761. The van der Waals surface area contributed by atoms with Crippen molar-refractivity contribution in [3.8, 4) is 0 Å². The number of aryl methyl sites for hydroxylation is 1. The summed E-state index contributed by atoms with van der Waals surface area (Å²) in [5.41, 5.74) is 1.79. The molecule has 0 atom stereocenters. The van der Waals surface area contributed by atoms with Gasteiger partial charge in [0.25, 0.3) is 0 Å². The van der Waals surface area contributed by atoms with Gasteiger partial charge in [-0.3, -0.25) is 4.79 Å². The molecular weight excluding hydrogens is 216 g/mol. The molecule has 0 aliphatic carbocycles. The lowest BCUT2D eigenvalue weighted by molar-refractivity contribution is 0.112. The van der Waals surface area contributed by atoms with E-state index in [1.807, 2.05) is 43.3 Å². The summed E-state index contributed by atoms with van der Waals surface area (Å²) >= 11 is 1.71. The van der Waals surface area contributed by atoms with E-state index < -0.39 is 0 Å². The van der Waals surface area contributed by atoms with Gasteiger partial charge in [0.2, 0.25) is 0 Å². The summed E-state index contributed by atoms with van der Waals surface area (Å²) in [5, 5.41) is 0. The summed E-state index contributed by atoms with van der Waals surface area (Å²) in [4.78, 5) is 13.1. The van der Waals surface area contributed by atoms with E-state index in [0.29, 0.717) is 0 Å². The van der Waals surface area contributed by atoms with Crippen LogP contribution in [0.3, 0.4) is 0 Å². The predicted octanol–water partition coefficient (Wildman–Crippen LogP) is 3.96. The van der Waals surface area contributed by atoms with Gasteiger partial charge in [0.1, 0.15) is 6.29 Å². The first kappa shape index (κ1) is 11.0. The molecule has 0 spiro atoms. The van der Waals surface area contributed by atoms with Gasteiger partial charge in [-0.25, -0.2) is 0 Å². The Labute approximate surface area is 99.5 Å². The van der Waals surface area contributed by atoms with E-state index in [1.54, 1.807) is 11.8 Å². The Morgan fingerprint density at radius 2 is 1.75 bits per heavy atom. The lowest BCUT2D eigenvalue weighted by Crippen LogP contribution is -1.85. The first-order valence-corrected chi connectivity index (χ1v) is 5.90. The first-order valence-electron chi connectivity index (χ1n) is 5.08. The topological polar surface area (TPSA) is 17.1 Å². The third-order valence-electron chi connectivity index (χ3n) is 2.35. The highest BCUT2D eigenvalue weighted by Gasteiger charge is 2.00. The highest BCUT2D eigenvalue weighted by molar-refractivity contribution is 7.99. The Bertz CT molecular complexity index is 491. The van der Waals surface area contributed by atoms with Crippen molar-refractivity contribution in [3.63, 3.8) is 0 Å². The van der Waals surface area contributed by atoms with Crippen LogP contribution in [-0.4, -0.2) is 6.29 Å². The van der Waals surface area contributed by atoms with Crippen molar-refractivity contribution in [2.45, 2.75) is 16.7 Å². The van der Waals surface area contributed by atoms with E-state index in [4.69, 9.17) is 0 Å². The molecule has 0 N–H and O–H groups in total. The zero-order valence-corrected chi connectivity index (χ0v) is 9.83. The summed E-state index contributed by atoms with van der Waals surface area (Å²) in [6, 6.07) is 16.1. The fourth-order valence-electron chi connectivity index (χ4n) is 1.47. The van der Waals surface area contributed by atoms with Crippen molar-refractivity contribution in [1.82, 2.24) is 0 Å². The monoisotopic (exact) mass is 228 g/mol. The second-order valence-electron chi connectivity index (χ2n) is 3.55. The molecule has 0 saturated heterocycles. The van der Waals surface area contributed by atoms with Gasteiger partial charge in [-0.1, -0.05) is 36.0 Å². The van der Waals surface area contributed by atoms with Crippen LogP contribution in [0, 0.1) is 6.92 Å². The molecule has 0 radical (unpaired) electrons. The van der Waals surface area contributed by atoms with Crippen LogP contribution in [-0.2, 0) is 0 Å². The van der Waals surface area contributed by atoms with Gasteiger partial charge in [0.15, 0.2) is 0 Å². The Balaban J connectivity index is 2.23. The van der Waals surface area contributed by atoms with Crippen molar-refractivity contribution in [3.05, 3.63) is 59.7 Å². The molecule has 0 aromatic heterocycles. The van der Waals surface area contributed by atoms with E-state index in [2.05, 4.69) is 12.1 Å². The van der Waals surface area contributed by atoms with Gasteiger partial charge in [-0.05, 0) is 36.8 Å². The Morgan fingerprint density at radius 3 is 2.38 bits per heavy atom. The summed E-state index contributed by atoms with van der Waals surface area (Å²) < 4.78 is 0. The van der Waals surface area contributed by atoms with E-state index >= 15 is 0 Å². The summed E-state index contributed by atoms with van der Waals surface area (Å²) in [6.45, 7) is 1.96. The molecule has 2 heteroatoms. The quantitative estimate of drug-likeness (QED) is 0.740. The molecule has 0 heterocycles. The molecule has 1 nitrogen and oxygen atoms in total. The van der Waals surface area contributed by atoms with Crippen LogP contribution < -0.4 is 0 Å². The van der Waals surface area contributed by atoms with Crippen LogP contribution >= 0.6 is 11.8 Å². The van der Waals surface area contributed by atoms with Crippen LogP contribution in [0.4, 0.5) is 0 Å². The van der Waals surface area contributed by atoms with Crippen molar-refractivity contribution in [2.24, 2.45) is 0 Å². The van der Waals surface area contributed by atoms with Crippen LogP contribution in [0.2, 0.25) is 0 Å². The van der Waals surface area contributed by atoms with Gasteiger partial charge in [0.05, 0.1) is 0 Å². The fraction of sp³-hybridized carbons (Fsp3) is 0.0714. The SMILES string of the molecule is Cc1cc(Sc2ccccc2)ccc1C=O. The Hall–Kier alpha value is -1.54. The number of carbonyl (C=O) groups excluding carboxylic acids is 1. The Morgan fingerprint density at radius 1 is 1.00 bits per heavy atom. The van der Waals surface area contributed by atoms with Crippen molar-refractivity contribution < 1.29 is 4.79 Å². The second-order valence-corrected chi connectivity index (χ2v) is 4.70. The highest BCUT2D eigenvalue weighted by Crippen LogP contribution is 2.28. The molecule has 16 heavy (non-hydrogen) atoms. The number of hydrogen-bond acceptors (Lipinski definition) is 2. The van der Waals surface area contributed by atoms with Gasteiger partial charge >= 0.3 is 0 Å². The number of carbonyl (C=O) groups is 1. The molecule has 0 amide bonds. The third-order valence-corrected chi connectivity index (χ3v) is 3.34. The number of hydrogen-bond donors (Lipinski definition) is 0. The van der Waals surface area contributed by atoms with Crippen molar-refractivity contribution in [2.75, 3.05) is 0 Å². The fourth-order valence-corrected chi connectivity index (χ4v) is 2.41. The molecule has 0 unspecified atom stereocenters. The maximum Gasteiger partial charge on any atom is 0.150 e. The highest BCUT2D eigenvalue weighted by atomic mass is 32.2. The number of benzene rings is 2. The molecule has 0 aliphatic heterocycles. The minimum Gasteiger partial charge on any atom is -0.298 e. The molecule has 2 aromatic rings. The zero-order chi connectivity index (χ0) is 11.4. The molecule has 0 saturated carbocycles. The number of rotatable bonds is 3. The first-order chi connectivity index (χ1) is 7.79. The van der Waals surface area contributed by atoms with Gasteiger partial charge in [0, 0.05) is 15.4 Å². The second kappa shape index (κ2) is 4.99. The van der Waals surface area contributed by atoms with Crippen LogP contribution in [0.15, 0.2) is 58.3 Å². The van der Waals surface area contributed by atoms with E-state index in [-0.39, 0.29) is 0 Å². The van der Waals surface area contributed by atoms with Crippen LogP contribution in [0.1, 0.15) is 15.9 Å². The van der Waals surface area contributed by atoms with Gasteiger partial charge in [-0.2, -0.15) is 0 Å². The van der Waals surface area contributed by atoms with Gasteiger partial charge in [-0.15, -0.1) is 0 Å². The Kier molecular flexibility index (Phi) is 3.42. The lowest BCUT2D eigenvalue weighted by atomic mass is 10.1. The van der Waals surface area contributed by atoms with Crippen LogP contribution in [0.5, 0.6) is 0 Å². The molecule has 80 valence electrons. The summed E-state index contributed by atoms with van der Waals surface area (Å²) in [6.07, 6.45) is 0.895. The summed E-state index contributed by atoms with van der Waals surface area (Å²) in [5.74, 6) is 0. The molecular formula is C14H12OS. The zero-order valence-electron chi connectivity index (χ0n) is 9.01. The van der Waals surface area contributed by atoms with E-state index in [0.717, 1.165) is 22.3 Å². The molecule has 0 fully saturated rings. The maximum atomic E-state index is 10.7. The molecule has 0 bridgehead atoms. The lowest BCUT2D eigenvalue weighted by Gasteiger charge is -2.04.